The lowest BCUT2D eigenvalue weighted by molar-refractivity contribution is -0.0169. The predicted octanol–water partition coefficient (Wildman–Crippen LogP) is 4.19. The van der Waals surface area contributed by atoms with Gasteiger partial charge < -0.3 is 4.42 Å². The molecule has 2 saturated heterocycles. The summed E-state index contributed by atoms with van der Waals surface area (Å²) in [6.45, 7) is 4.93. The normalized spacial score (nSPS) is 37.5. The molecule has 2 aromatic rings. The molecule has 0 radical (unpaired) electrons. The second-order valence-corrected chi connectivity index (χ2v) is 7.29. The average molecular weight is 281 g/mol. The summed E-state index contributed by atoms with van der Waals surface area (Å²) in [7, 11) is 0. The average Bonchev–Trinajstić information content (AvgIpc) is 2.86. The fourth-order valence-corrected chi connectivity index (χ4v) is 5.49. The summed E-state index contributed by atoms with van der Waals surface area (Å²) >= 11 is 0. The van der Waals surface area contributed by atoms with Crippen LogP contribution >= 0.6 is 0 Å². The summed E-state index contributed by atoms with van der Waals surface area (Å²) in [6, 6.07) is 9.37. The molecule has 3 aliphatic heterocycles. The number of nitrogens with zero attached hydrogens (tertiary/aromatic N) is 1. The number of hydrogen-bond donors (Lipinski definition) is 0. The largest absolute Gasteiger partial charge is 0.460 e. The number of benzene rings is 1. The van der Waals surface area contributed by atoms with Crippen LogP contribution in [0.25, 0.3) is 11.0 Å². The molecule has 1 unspecified atom stereocenters. The Labute approximate surface area is 126 Å². The lowest BCUT2D eigenvalue weighted by Crippen LogP contribution is -2.56. The summed E-state index contributed by atoms with van der Waals surface area (Å²) < 4.78 is 6.38. The van der Waals surface area contributed by atoms with Gasteiger partial charge in [-0.05, 0) is 37.2 Å². The van der Waals surface area contributed by atoms with Crippen LogP contribution in [0, 0.1) is 11.8 Å². The van der Waals surface area contributed by atoms with E-state index in [-0.39, 0.29) is 0 Å². The van der Waals surface area contributed by atoms with E-state index in [1.807, 2.05) is 0 Å². The molecule has 0 spiro atoms. The van der Waals surface area contributed by atoms with Crippen LogP contribution in [0.4, 0.5) is 0 Å². The highest BCUT2D eigenvalue weighted by molar-refractivity contribution is 5.82. The zero-order chi connectivity index (χ0) is 14.0. The summed E-state index contributed by atoms with van der Waals surface area (Å²) in [4.78, 5) is 2.79. The topological polar surface area (TPSA) is 16.4 Å². The Kier molecular flexibility index (Phi) is 2.55. The number of furan rings is 1. The van der Waals surface area contributed by atoms with Crippen LogP contribution in [0.2, 0.25) is 0 Å². The maximum absolute atomic E-state index is 6.38. The van der Waals surface area contributed by atoms with Crippen LogP contribution in [0.1, 0.15) is 43.4 Å². The van der Waals surface area contributed by atoms with Crippen LogP contribution in [0.5, 0.6) is 0 Å². The third-order valence-electron chi connectivity index (χ3n) is 6.27. The van der Waals surface area contributed by atoms with Gasteiger partial charge in [0.1, 0.15) is 11.3 Å². The van der Waals surface area contributed by atoms with Crippen molar-refractivity contribution in [2.45, 2.75) is 44.6 Å². The number of hydrogen-bond acceptors (Lipinski definition) is 2. The molecule has 1 aliphatic carbocycles. The van der Waals surface area contributed by atoms with Gasteiger partial charge in [-0.3, -0.25) is 4.90 Å². The second kappa shape index (κ2) is 4.36. The molecule has 4 bridgehead atoms. The smallest absolute Gasteiger partial charge is 0.134 e. The molecule has 3 fully saturated rings. The molecule has 0 amide bonds. The van der Waals surface area contributed by atoms with Gasteiger partial charge >= 0.3 is 0 Å². The first kappa shape index (κ1) is 12.3. The highest BCUT2D eigenvalue weighted by atomic mass is 16.3. The van der Waals surface area contributed by atoms with Crippen LogP contribution in [-0.4, -0.2) is 24.0 Å². The van der Waals surface area contributed by atoms with E-state index in [1.54, 1.807) is 0 Å². The van der Waals surface area contributed by atoms with Crippen molar-refractivity contribution in [1.82, 2.24) is 4.90 Å². The standard InChI is InChI=1S/C19H23NO/c1-2-13-9-12-10-16-18(13)20(11-12)8-7-15-14-5-3-4-6-17(14)21-19(15)16/h3-6,12-13,16,18H,2,7-11H2,1H3/t12-,13-,16-,18+/m1/s1. The fourth-order valence-electron chi connectivity index (χ4n) is 5.49. The first-order chi connectivity index (χ1) is 10.3. The maximum atomic E-state index is 6.38. The molecule has 1 aromatic heterocycles. The highest BCUT2D eigenvalue weighted by Crippen LogP contribution is 2.51. The van der Waals surface area contributed by atoms with E-state index in [4.69, 9.17) is 4.42 Å². The SMILES string of the molecule is CC[C@@H]1C[C@@H]2C[C@H]3c4oc5ccccc5c4CCN(C2)[C@@H]13. The molecule has 110 valence electrons. The van der Waals surface area contributed by atoms with Crippen LogP contribution in [-0.2, 0) is 6.42 Å². The summed E-state index contributed by atoms with van der Waals surface area (Å²) in [5.41, 5.74) is 2.62. The zero-order valence-corrected chi connectivity index (χ0v) is 12.7. The number of fused-ring (bicyclic) bond motifs is 4. The molecular weight excluding hydrogens is 258 g/mol. The van der Waals surface area contributed by atoms with Crippen molar-refractivity contribution in [1.29, 1.82) is 0 Å². The third-order valence-corrected chi connectivity index (χ3v) is 6.27. The Morgan fingerprint density at radius 2 is 2.14 bits per heavy atom. The Bertz CT molecular complexity index is 688. The molecule has 4 heterocycles. The van der Waals surface area contributed by atoms with Gasteiger partial charge in [0, 0.05) is 36.0 Å². The van der Waals surface area contributed by atoms with Gasteiger partial charge in [0.25, 0.3) is 0 Å². The first-order valence-corrected chi connectivity index (χ1v) is 8.59. The first-order valence-electron chi connectivity index (χ1n) is 8.59. The van der Waals surface area contributed by atoms with Gasteiger partial charge in [0.2, 0.25) is 0 Å². The van der Waals surface area contributed by atoms with Gasteiger partial charge in [-0.15, -0.1) is 0 Å². The van der Waals surface area contributed by atoms with Crippen molar-refractivity contribution >= 4 is 11.0 Å². The van der Waals surface area contributed by atoms with E-state index in [1.165, 1.54) is 55.5 Å². The molecule has 2 nitrogen and oxygen atoms in total. The highest BCUT2D eigenvalue weighted by Gasteiger charge is 2.49. The lowest BCUT2D eigenvalue weighted by Gasteiger charge is -2.52. The Morgan fingerprint density at radius 3 is 3.05 bits per heavy atom. The van der Waals surface area contributed by atoms with Gasteiger partial charge in [0.05, 0.1) is 0 Å². The van der Waals surface area contributed by atoms with Crippen molar-refractivity contribution in [3.05, 3.63) is 35.6 Å². The summed E-state index contributed by atoms with van der Waals surface area (Å²) in [5, 5.41) is 1.37. The van der Waals surface area contributed by atoms with E-state index in [0.717, 1.165) is 23.5 Å². The Balaban J connectivity index is 1.69. The second-order valence-electron chi connectivity index (χ2n) is 7.29. The minimum absolute atomic E-state index is 0.646. The van der Waals surface area contributed by atoms with E-state index in [2.05, 4.69) is 36.1 Å². The molecule has 1 aromatic carbocycles. The van der Waals surface area contributed by atoms with Crippen molar-refractivity contribution < 1.29 is 4.42 Å². The predicted molar refractivity (Wildman–Crippen MR) is 84.5 cm³/mol. The van der Waals surface area contributed by atoms with Crippen molar-refractivity contribution in [3.8, 4) is 0 Å². The minimum atomic E-state index is 0.646. The van der Waals surface area contributed by atoms with E-state index in [0.29, 0.717) is 5.92 Å². The molecule has 0 N–H and O–H groups in total. The zero-order valence-electron chi connectivity index (χ0n) is 12.7. The number of para-hydroxylation sites is 1. The molecule has 2 heteroatoms. The quantitative estimate of drug-likeness (QED) is 0.779. The van der Waals surface area contributed by atoms with Crippen molar-refractivity contribution in [2.24, 2.45) is 11.8 Å². The van der Waals surface area contributed by atoms with Crippen molar-refractivity contribution in [3.63, 3.8) is 0 Å². The van der Waals surface area contributed by atoms with Gasteiger partial charge in [0.15, 0.2) is 0 Å². The van der Waals surface area contributed by atoms with E-state index < -0.39 is 0 Å². The Morgan fingerprint density at radius 1 is 1.24 bits per heavy atom. The molecule has 1 saturated carbocycles. The number of rotatable bonds is 1. The van der Waals surface area contributed by atoms with E-state index >= 15 is 0 Å². The monoisotopic (exact) mass is 281 g/mol. The summed E-state index contributed by atoms with van der Waals surface area (Å²) in [6.07, 6.45) is 5.29. The number of piperidine rings is 2. The van der Waals surface area contributed by atoms with E-state index in [9.17, 15) is 0 Å². The molecule has 5 atom stereocenters. The molecule has 4 aliphatic rings. The maximum Gasteiger partial charge on any atom is 0.134 e. The molecular formula is C19H23NO. The van der Waals surface area contributed by atoms with Crippen molar-refractivity contribution in [2.75, 3.05) is 13.1 Å². The van der Waals surface area contributed by atoms with Gasteiger partial charge in [-0.1, -0.05) is 31.5 Å². The third kappa shape index (κ3) is 1.63. The summed E-state index contributed by atoms with van der Waals surface area (Å²) in [5.74, 6) is 3.75. The lowest BCUT2D eigenvalue weighted by atomic mass is 9.65. The van der Waals surface area contributed by atoms with Crippen LogP contribution in [0.15, 0.2) is 28.7 Å². The molecule has 21 heavy (non-hydrogen) atoms. The molecule has 6 rings (SSSR count). The van der Waals surface area contributed by atoms with Crippen LogP contribution in [0.3, 0.4) is 0 Å². The van der Waals surface area contributed by atoms with Gasteiger partial charge in [-0.25, -0.2) is 0 Å². The van der Waals surface area contributed by atoms with Crippen LogP contribution < -0.4 is 0 Å². The van der Waals surface area contributed by atoms with Gasteiger partial charge in [-0.2, -0.15) is 0 Å². The fraction of sp³-hybridized carbons (Fsp3) is 0.579. The minimum Gasteiger partial charge on any atom is -0.460 e. The Hall–Kier alpha value is -1.28.